The third kappa shape index (κ3) is 4.93. The van der Waals surface area contributed by atoms with Gasteiger partial charge in [-0.15, -0.1) is 6.58 Å². The lowest BCUT2D eigenvalue weighted by atomic mass is 10.3. The van der Waals surface area contributed by atoms with E-state index in [0.29, 0.717) is 19.6 Å². The number of aromatic nitrogens is 1. The number of rotatable bonds is 6. The molecule has 1 aromatic rings. The second-order valence-electron chi connectivity index (χ2n) is 3.05. The molecule has 0 aliphatic rings. The van der Waals surface area contributed by atoms with E-state index in [-0.39, 0.29) is 5.91 Å². The van der Waals surface area contributed by atoms with Crippen molar-refractivity contribution in [1.29, 1.82) is 0 Å². The first-order valence-electron chi connectivity index (χ1n) is 4.80. The van der Waals surface area contributed by atoms with Gasteiger partial charge in [0.05, 0.1) is 6.54 Å². The van der Waals surface area contributed by atoms with Gasteiger partial charge in [-0.3, -0.25) is 9.78 Å². The molecule has 80 valence electrons. The lowest BCUT2D eigenvalue weighted by molar-refractivity contribution is -0.120. The van der Waals surface area contributed by atoms with Gasteiger partial charge in [0.15, 0.2) is 0 Å². The lowest BCUT2D eigenvalue weighted by Gasteiger charge is -2.05. The highest BCUT2D eigenvalue weighted by Gasteiger charge is 1.98. The van der Waals surface area contributed by atoms with Crippen LogP contribution in [0.4, 0.5) is 0 Å². The predicted octanol–water partition coefficient (Wildman–Crippen LogP) is 0.473. The zero-order valence-electron chi connectivity index (χ0n) is 8.57. The maximum absolute atomic E-state index is 11.3. The molecule has 0 fully saturated rings. The number of nitrogens with zero attached hydrogens (tertiary/aromatic N) is 1. The molecular formula is C11H15N3O. The Morgan fingerprint density at radius 3 is 2.87 bits per heavy atom. The van der Waals surface area contributed by atoms with E-state index in [1.807, 2.05) is 12.1 Å². The van der Waals surface area contributed by atoms with Crippen LogP contribution in [0.2, 0.25) is 0 Å². The van der Waals surface area contributed by atoms with Crippen LogP contribution in [0.25, 0.3) is 0 Å². The monoisotopic (exact) mass is 205 g/mol. The van der Waals surface area contributed by atoms with Crippen molar-refractivity contribution in [3.63, 3.8) is 0 Å². The summed E-state index contributed by atoms with van der Waals surface area (Å²) in [6, 6.07) is 3.74. The topological polar surface area (TPSA) is 54.0 Å². The fourth-order valence-corrected chi connectivity index (χ4v) is 1.05. The van der Waals surface area contributed by atoms with Gasteiger partial charge in [-0.05, 0) is 17.7 Å². The summed E-state index contributed by atoms with van der Waals surface area (Å²) in [4.78, 5) is 15.2. The van der Waals surface area contributed by atoms with E-state index < -0.39 is 0 Å². The maximum atomic E-state index is 11.3. The normalized spacial score (nSPS) is 9.60. The highest BCUT2D eigenvalue weighted by atomic mass is 16.1. The van der Waals surface area contributed by atoms with Gasteiger partial charge in [-0.1, -0.05) is 6.08 Å². The van der Waals surface area contributed by atoms with Crippen molar-refractivity contribution in [3.8, 4) is 0 Å². The van der Waals surface area contributed by atoms with E-state index in [1.54, 1.807) is 18.5 Å². The minimum atomic E-state index is -0.0198. The molecule has 0 unspecified atom stereocenters. The summed E-state index contributed by atoms with van der Waals surface area (Å²) < 4.78 is 0. The minimum Gasteiger partial charge on any atom is -0.351 e. The Kier molecular flexibility index (Phi) is 5.11. The first-order valence-corrected chi connectivity index (χ1v) is 4.80. The number of carbonyl (C=O) groups is 1. The highest BCUT2D eigenvalue weighted by Crippen LogP contribution is 1.94. The predicted molar refractivity (Wildman–Crippen MR) is 59.2 cm³/mol. The van der Waals surface area contributed by atoms with Crippen LogP contribution >= 0.6 is 0 Å². The summed E-state index contributed by atoms with van der Waals surface area (Å²) in [7, 11) is 0. The van der Waals surface area contributed by atoms with Gasteiger partial charge in [0.2, 0.25) is 5.91 Å². The molecule has 1 aromatic heterocycles. The second-order valence-corrected chi connectivity index (χ2v) is 3.05. The number of hydrogen-bond donors (Lipinski definition) is 2. The molecule has 0 aliphatic heterocycles. The summed E-state index contributed by atoms with van der Waals surface area (Å²) in [5, 5.41) is 5.72. The summed E-state index contributed by atoms with van der Waals surface area (Å²) in [5.41, 5.74) is 1.04. The molecule has 4 heteroatoms. The number of hydrogen-bond acceptors (Lipinski definition) is 3. The third-order valence-electron chi connectivity index (χ3n) is 1.81. The van der Waals surface area contributed by atoms with Crippen molar-refractivity contribution < 1.29 is 4.79 Å². The lowest BCUT2D eigenvalue weighted by Crippen LogP contribution is -2.33. The zero-order chi connectivity index (χ0) is 10.9. The molecule has 0 spiro atoms. The second kappa shape index (κ2) is 6.73. The fraction of sp³-hybridized carbons (Fsp3) is 0.273. The summed E-state index contributed by atoms with van der Waals surface area (Å²) in [6.07, 6.45) is 5.13. The summed E-state index contributed by atoms with van der Waals surface area (Å²) in [5.74, 6) is -0.0198. The quantitative estimate of drug-likeness (QED) is 0.524. The highest BCUT2D eigenvalue weighted by molar-refractivity contribution is 5.77. The molecule has 0 aromatic carbocycles. The Morgan fingerprint density at radius 1 is 1.47 bits per heavy atom. The minimum absolute atomic E-state index is 0.0198. The van der Waals surface area contributed by atoms with Crippen molar-refractivity contribution in [2.45, 2.75) is 6.54 Å². The molecule has 15 heavy (non-hydrogen) atoms. The number of amides is 1. The van der Waals surface area contributed by atoms with Gasteiger partial charge < -0.3 is 10.6 Å². The number of pyridine rings is 1. The molecule has 0 aliphatic carbocycles. The van der Waals surface area contributed by atoms with Crippen molar-refractivity contribution in [3.05, 3.63) is 42.7 Å². The van der Waals surface area contributed by atoms with Gasteiger partial charge in [0, 0.05) is 25.5 Å². The van der Waals surface area contributed by atoms with E-state index in [9.17, 15) is 4.79 Å². The molecule has 0 saturated heterocycles. The molecule has 0 atom stereocenters. The van der Waals surface area contributed by atoms with E-state index in [4.69, 9.17) is 0 Å². The van der Waals surface area contributed by atoms with Crippen molar-refractivity contribution in [2.24, 2.45) is 0 Å². The molecular weight excluding hydrogens is 190 g/mol. The van der Waals surface area contributed by atoms with Gasteiger partial charge in [-0.25, -0.2) is 0 Å². The summed E-state index contributed by atoms with van der Waals surface area (Å²) in [6.45, 7) is 5.05. The molecule has 2 N–H and O–H groups in total. The van der Waals surface area contributed by atoms with Gasteiger partial charge in [-0.2, -0.15) is 0 Å². The number of nitrogens with one attached hydrogen (secondary N) is 2. The molecule has 1 amide bonds. The maximum Gasteiger partial charge on any atom is 0.234 e. The smallest absolute Gasteiger partial charge is 0.234 e. The zero-order valence-corrected chi connectivity index (χ0v) is 8.57. The van der Waals surface area contributed by atoms with Crippen LogP contribution in [0.1, 0.15) is 5.56 Å². The van der Waals surface area contributed by atoms with Gasteiger partial charge in [0.25, 0.3) is 0 Å². The Balaban J connectivity index is 2.20. The van der Waals surface area contributed by atoms with Crippen LogP contribution in [-0.4, -0.2) is 24.0 Å². The van der Waals surface area contributed by atoms with Crippen LogP contribution < -0.4 is 10.6 Å². The molecule has 0 radical (unpaired) electrons. The molecule has 0 bridgehead atoms. The van der Waals surface area contributed by atoms with Crippen LogP contribution in [0.3, 0.4) is 0 Å². The average Bonchev–Trinajstić information content (AvgIpc) is 2.28. The van der Waals surface area contributed by atoms with E-state index >= 15 is 0 Å². The average molecular weight is 205 g/mol. The van der Waals surface area contributed by atoms with Crippen LogP contribution in [0.15, 0.2) is 37.2 Å². The van der Waals surface area contributed by atoms with E-state index in [1.165, 1.54) is 0 Å². The van der Waals surface area contributed by atoms with Crippen molar-refractivity contribution in [2.75, 3.05) is 13.1 Å². The molecule has 1 heterocycles. The first-order chi connectivity index (χ1) is 7.33. The van der Waals surface area contributed by atoms with Crippen LogP contribution in [0.5, 0.6) is 0 Å². The Morgan fingerprint density at radius 2 is 2.20 bits per heavy atom. The van der Waals surface area contributed by atoms with Gasteiger partial charge in [0.1, 0.15) is 0 Å². The van der Waals surface area contributed by atoms with E-state index in [2.05, 4.69) is 22.2 Å². The summed E-state index contributed by atoms with van der Waals surface area (Å²) >= 11 is 0. The van der Waals surface area contributed by atoms with Crippen LogP contribution in [-0.2, 0) is 11.3 Å². The molecule has 0 saturated carbocycles. The van der Waals surface area contributed by atoms with Gasteiger partial charge >= 0.3 is 0 Å². The van der Waals surface area contributed by atoms with E-state index in [0.717, 1.165) is 5.56 Å². The molecule has 1 rings (SSSR count). The Bertz CT molecular complexity index is 311. The Hall–Kier alpha value is -1.68. The van der Waals surface area contributed by atoms with Crippen molar-refractivity contribution in [1.82, 2.24) is 15.6 Å². The Labute approximate surface area is 89.4 Å². The fourth-order valence-electron chi connectivity index (χ4n) is 1.05. The molecule has 4 nitrogen and oxygen atoms in total. The third-order valence-corrected chi connectivity index (χ3v) is 1.81. The first kappa shape index (κ1) is 11.4. The van der Waals surface area contributed by atoms with Crippen molar-refractivity contribution >= 4 is 5.91 Å². The number of carbonyl (C=O) groups excluding carboxylic acids is 1. The van der Waals surface area contributed by atoms with Crippen LogP contribution in [0, 0.1) is 0 Å². The standard InChI is InChI=1S/C11H15N3O/c1-2-5-13-9-11(15)14-8-10-3-6-12-7-4-10/h2-4,6-7,13H,1,5,8-9H2,(H,14,15). The largest absolute Gasteiger partial charge is 0.351 e. The SMILES string of the molecule is C=CCNCC(=O)NCc1ccncc1.